The number of hydrogen-bond acceptors (Lipinski definition) is 4. The molecule has 0 spiro atoms. The molecule has 0 fully saturated rings. The first-order chi connectivity index (χ1) is 9.29. The number of halogens is 3. The lowest BCUT2D eigenvalue weighted by molar-refractivity contribution is 0.0950. The maximum Gasteiger partial charge on any atom is 0.291 e. The zero-order valence-corrected chi connectivity index (χ0v) is 13.6. The number of hydrogen-bond donors (Lipinski definition) is 2. The summed E-state index contributed by atoms with van der Waals surface area (Å²) in [5.41, 5.74) is 8.72. The van der Waals surface area contributed by atoms with Crippen LogP contribution in [0.4, 0.5) is 5.69 Å². The Morgan fingerprint density at radius 1 is 1.40 bits per heavy atom. The third-order valence-electron chi connectivity index (χ3n) is 2.95. The van der Waals surface area contributed by atoms with Crippen LogP contribution in [0.5, 0.6) is 0 Å². The van der Waals surface area contributed by atoms with Gasteiger partial charge in [-0.3, -0.25) is 4.79 Å². The maximum atomic E-state index is 12.0. The predicted molar refractivity (Wildman–Crippen MR) is 83.7 cm³/mol. The van der Waals surface area contributed by atoms with Gasteiger partial charge in [-0.1, -0.05) is 48.7 Å². The van der Waals surface area contributed by atoms with Gasteiger partial charge in [-0.2, -0.15) is 5.10 Å². The van der Waals surface area contributed by atoms with E-state index in [9.17, 15) is 4.79 Å². The molecule has 0 aliphatic rings. The zero-order chi connectivity index (χ0) is 15.4. The number of rotatable bonds is 4. The van der Waals surface area contributed by atoms with E-state index >= 15 is 0 Å². The van der Waals surface area contributed by atoms with Gasteiger partial charge in [0.2, 0.25) is 0 Å². The molecule has 8 heteroatoms. The summed E-state index contributed by atoms with van der Waals surface area (Å²) in [5.74, 6) is -0.333. The number of nitrogen functional groups attached to an aromatic ring is 1. The van der Waals surface area contributed by atoms with Crippen molar-refractivity contribution in [1.29, 1.82) is 0 Å². The molecule has 1 aromatic rings. The lowest BCUT2D eigenvalue weighted by Gasteiger charge is -2.10. The summed E-state index contributed by atoms with van der Waals surface area (Å²) in [5, 5.41) is 3.89. The van der Waals surface area contributed by atoms with Gasteiger partial charge in [0.25, 0.3) is 5.91 Å². The fraction of sp³-hybridized carbons (Fsp3) is 0.417. The minimum absolute atomic E-state index is 0.0149. The molecule has 3 N–H and O–H groups in total. The van der Waals surface area contributed by atoms with Crippen LogP contribution in [0.3, 0.4) is 0 Å². The summed E-state index contributed by atoms with van der Waals surface area (Å²) in [6.45, 7) is 5.86. The molecule has 0 unspecified atom stereocenters. The molecule has 1 heterocycles. The SMILES string of the molecule is CC[C@@H](C)/C(C)=N/NC(=O)c1nc(Cl)c(Cl)c(N)c1Cl. The van der Waals surface area contributed by atoms with E-state index in [0.717, 1.165) is 12.1 Å². The average Bonchev–Trinajstić information content (AvgIpc) is 2.44. The molecule has 1 rings (SSSR count). The number of amides is 1. The number of nitrogens with one attached hydrogen (secondary N) is 1. The third kappa shape index (κ3) is 3.75. The van der Waals surface area contributed by atoms with Crippen molar-refractivity contribution in [3.63, 3.8) is 0 Å². The number of aromatic nitrogens is 1. The highest BCUT2D eigenvalue weighted by Gasteiger charge is 2.19. The molecule has 1 aromatic heterocycles. The number of pyridine rings is 1. The normalized spacial score (nSPS) is 13.2. The molecule has 1 atom stereocenters. The number of hydrazone groups is 1. The summed E-state index contributed by atoms with van der Waals surface area (Å²) < 4.78 is 0. The molecular formula is C12H15Cl3N4O. The van der Waals surface area contributed by atoms with E-state index in [-0.39, 0.29) is 32.5 Å². The van der Waals surface area contributed by atoms with E-state index in [1.165, 1.54) is 0 Å². The minimum Gasteiger partial charge on any atom is -0.396 e. The van der Waals surface area contributed by atoms with Gasteiger partial charge >= 0.3 is 0 Å². The molecular weight excluding hydrogens is 323 g/mol. The van der Waals surface area contributed by atoms with Gasteiger partial charge in [0.05, 0.1) is 10.7 Å². The highest BCUT2D eigenvalue weighted by molar-refractivity contribution is 6.46. The van der Waals surface area contributed by atoms with Crippen molar-refractivity contribution in [2.24, 2.45) is 11.0 Å². The Kier molecular flexibility index (Phi) is 6.05. The van der Waals surface area contributed by atoms with Crippen molar-refractivity contribution in [2.75, 3.05) is 5.73 Å². The van der Waals surface area contributed by atoms with Gasteiger partial charge in [0.1, 0.15) is 5.02 Å². The van der Waals surface area contributed by atoms with E-state index in [0.29, 0.717) is 0 Å². The molecule has 20 heavy (non-hydrogen) atoms. The summed E-state index contributed by atoms with van der Waals surface area (Å²) in [6, 6.07) is 0. The second-order valence-corrected chi connectivity index (χ2v) is 5.41. The number of carbonyl (C=O) groups excluding carboxylic acids is 1. The Bertz CT molecular complexity index is 560. The Morgan fingerprint density at radius 3 is 2.55 bits per heavy atom. The predicted octanol–water partition coefficient (Wildman–Crippen LogP) is 3.78. The largest absolute Gasteiger partial charge is 0.396 e. The first-order valence-corrected chi connectivity index (χ1v) is 7.07. The van der Waals surface area contributed by atoms with E-state index in [2.05, 4.69) is 15.5 Å². The van der Waals surface area contributed by atoms with Crippen molar-refractivity contribution in [1.82, 2.24) is 10.4 Å². The summed E-state index contributed by atoms with van der Waals surface area (Å²) >= 11 is 17.5. The average molecular weight is 338 g/mol. The molecule has 0 aliphatic heterocycles. The number of carbonyl (C=O) groups is 1. The Morgan fingerprint density at radius 2 is 2.00 bits per heavy atom. The Labute approximate surface area is 132 Å². The van der Waals surface area contributed by atoms with E-state index in [1.807, 2.05) is 20.8 Å². The molecule has 0 saturated carbocycles. The van der Waals surface area contributed by atoms with Gasteiger partial charge in [-0.25, -0.2) is 10.4 Å². The fourth-order valence-electron chi connectivity index (χ4n) is 1.28. The number of anilines is 1. The van der Waals surface area contributed by atoms with Gasteiger partial charge in [-0.05, 0) is 19.3 Å². The first kappa shape index (κ1) is 17.0. The van der Waals surface area contributed by atoms with E-state index in [1.54, 1.807) is 0 Å². The van der Waals surface area contributed by atoms with Crippen LogP contribution in [-0.4, -0.2) is 16.6 Å². The smallest absolute Gasteiger partial charge is 0.291 e. The molecule has 0 radical (unpaired) electrons. The maximum absolute atomic E-state index is 12.0. The van der Waals surface area contributed by atoms with Crippen molar-refractivity contribution >= 4 is 52.1 Å². The van der Waals surface area contributed by atoms with E-state index < -0.39 is 5.91 Å². The van der Waals surface area contributed by atoms with Crippen LogP contribution in [0.2, 0.25) is 15.2 Å². The van der Waals surface area contributed by atoms with Gasteiger partial charge < -0.3 is 5.73 Å². The van der Waals surface area contributed by atoms with Gasteiger partial charge in [0, 0.05) is 5.71 Å². The minimum atomic E-state index is -0.595. The van der Waals surface area contributed by atoms with Crippen LogP contribution >= 0.6 is 34.8 Å². The second-order valence-electron chi connectivity index (χ2n) is 4.30. The first-order valence-electron chi connectivity index (χ1n) is 5.94. The van der Waals surface area contributed by atoms with Gasteiger partial charge in [-0.15, -0.1) is 0 Å². The molecule has 1 amide bonds. The lowest BCUT2D eigenvalue weighted by Crippen LogP contribution is -2.22. The Balaban J connectivity index is 3.00. The second kappa shape index (κ2) is 7.11. The standard InChI is InChI=1S/C12H15Cl3N4O/c1-4-5(2)6(3)18-19-12(20)10-7(13)9(16)8(14)11(15)17-10/h5H,4H2,1-3H3,(H2,16,17)(H,19,20)/b18-6+/t5-/m1/s1. The van der Waals surface area contributed by atoms with Crippen LogP contribution in [0.1, 0.15) is 37.7 Å². The lowest BCUT2D eigenvalue weighted by atomic mass is 10.1. The summed E-state index contributed by atoms with van der Waals surface area (Å²) in [7, 11) is 0. The monoisotopic (exact) mass is 336 g/mol. The molecule has 110 valence electrons. The summed E-state index contributed by atoms with van der Waals surface area (Å²) in [6.07, 6.45) is 0.921. The third-order valence-corrected chi connectivity index (χ3v) is 4.08. The Hall–Kier alpha value is -1.04. The number of nitrogens with two attached hydrogens (primary N) is 1. The molecule has 0 bridgehead atoms. The fourth-order valence-corrected chi connectivity index (χ4v) is 1.87. The quantitative estimate of drug-likeness (QED) is 0.498. The molecule has 5 nitrogen and oxygen atoms in total. The van der Waals surface area contributed by atoms with Crippen LogP contribution in [0.15, 0.2) is 5.10 Å². The topological polar surface area (TPSA) is 80.4 Å². The van der Waals surface area contributed by atoms with Crippen LogP contribution in [0.25, 0.3) is 0 Å². The summed E-state index contributed by atoms with van der Waals surface area (Å²) in [4.78, 5) is 15.8. The van der Waals surface area contributed by atoms with Crippen molar-refractivity contribution in [3.05, 3.63) is 20.9 Å². The molecule has 0 aromatic carbocycles. The molecule has 0 saturated heterocycles. The number of nitrogens with zero attached hydrogens (tertiary/aromatic N) is 2. The van der Waals surface area contributed by atoms with E-state index in [4.69, 9.17) is 40.5 Å². The van der Waals surface area contributed by atoms with Crippen molar-refractivity contribution in [3.8, 4) is 0 Å². The zero-order valence-electron chi connectivity index (χ0n) is 11.3. The van der Waals surface area contributed by atoms with Gasteiger partial charge in [0.15, 0.2) is 10.8 Å². The van der Waals surface area contributed by atoms with Crippen molar-refractivity contribution < 1.29 is 4.79 Å². The highest BCUT2D eigenvalue weighted by Crippen LogP contribution is 2.34. The molecule has 0 aliphatic carbocycles. The van der Waals surface area contributed by atoms with Crippen LogP contribution in [0, 0.1) is 5.92 Å². The highest BCUT2D eigenvalue weighted by atomic mass is 35.5. The van der Waals surface area contributed by atoms with Crippen LogP contribution in [-0.2, 0) is 0 Å². The van der Waals surface area contributed by atoms with Crippen LogP contribution < -0.4 is 11.2 Å². The van der Waals surface area contributed by atoms with Crippen molar-refractivity contribution in [2.45, 2.75) is 27.2 Å².